The Balaban J connectivity index is 1.80. The van der Waals surface area contributed by atoms with Gasteiger partial charge in [-0.05, 0) is 24.5 Å². The zero-order valence-electron chi connectivity index (χ0n) is 14.7. The summed E-state index contributed by atoms with van der Waals surface area (Å²) in [5, 5.41) is 10.6. The highest BCUT2D eigenvalue weighted by molar-refractivity contribution is 6.29. The molecule has 2 aromatic carbocycles. The fourth-order valence-electron chi connectivity index (χ4n) is 3.51. The second-order valence-corrected chi connectivity index (χ2v) is 6.72. The van der Waals surface area contributed by atoms with E-state index < -0.39 is 0 Å². The summed E-state index contributed by atoms with van der Waals surface area (Å²) in [6, 6.07) is 10.3. The number of phenols is 1. The Morgan fingerprint density at radius 3 is 2.12 bits per heavy atom. The highest BCUT2D eigenvalue weighted by Crippen LogP contribution is 2.35. The zero-order chi connectivity index (χ0) is 17.8. The van der Waals surface area contributed by atoms with E-state index in [4.69, 9.17) is 0 Å². The number of aryl methyl sites for hydroxylation is 1. The van der Waals surface area contributed by atoms with Crippen LogP contribution in [0.1, 0.15) is 82.9 Å². The summed E-state index contributed by atoms with van der Waals surface area (Å²) in [7, 11) is 0. The molecule has 1 aliphatic carbocycles. The topological polar surface area (TPSA) is 54.4 Å². The van der Waals surface area contributed by atoms with Gasteiger partial charge in [0, 0.05) is 16.7 Å². The van der Waals surface area contributed by atoms with Gasteiger partial charge in [-0.15, -0.1) is 0 Å². The highest BCUT2D eigenvalue weighted by atomic mass is 16.3. The third-order valence-corrected chi connectivity index (χ3v) is 4.95. The molecule has 0 radical (unpaired) electrons. The standard InChI is InChI=1S/C22H24O3/c1-2-3-4-5-6-7-10-15-13-14-18-19(20(15)23)22(25)17-12-9-8-11-16(17)21(18)24/h8-9,11-14,23H,2-7,10H2,1H3. The van der Waals surface area contributed by atoms with Crippen molar-refractivity contribution < 1.29 is 14.7 Å². The number of aromatic hydroxyl groups is 1. The minimum atomic E-state index is -0.257. The first-order valence-electron chi connectivity index (χ1n) is 9.18. The normalized spacial score (nSPS) is 12.8. The van der Waals surface area contributed by atoms with Crippen LogP contribution >= 0.6 is 0 Å². The molecule has 0 aliphatic heterocycles. The molecule has 3 nitrogen and oxygen atoms in total. The molecule has 0 spiro atoms. The van der Waals surface area contributed by atoms with Crippen molar-refractivity contribution in [3.05, 3.63) is 64.2 Å². The van der Waals surface area contributed by atoms with Gasteiger partial charge in [0.2, 0.25) is 0 Å². The Morgan fingerprint density at radius 1 is 0.760 bits per heavy atom. The number of fused-ring (bicyclic) bond motifs is 2. The summed E-state index contributed by atoms with van der Waals surface area (Å²) >= 11 is 0. The van der Waals surface area contributed by atoms with Gasteiger partial charge in [0.25, 0.3) is 0 Å². The fourth-order valence-corrected chi connectivity index (χ4v) is 3.51. The molecule has 0 amide bonds. The van der Waals surface area contributed by atoms with Crippen LogP contribution in [0.3, 0.4) is 0 Å². The first-order chi connectivity index (χ1) is 12.1. The molecule has 0 saturated heterocycles. The van der Waals surface area contributed by atoms with Crippen LogP contribution in [0, 0.1) is 0 Å². The SMILES string of the molecule is CCCCCCCCc1ccc2c(c1O)C(=O)c1ccccc1C2=O. The van der Waals surface area contributed by atoms with E-state index >= 15 is 0 Å². The summed E-state index contributed by atoms with van der Waals surface area (Å²) in [4.78, 5) is 25.4. The van der Waals surface area contributed by atoms with Crippen molar-refractivity contribution in [1.29, 1.82) is 0 Å². The lowest BCUT2D eigenvalue weighted by Gasteiger charge is -2.19. The van der Waals surface area contributed by atoms with E-state index in [2.05, 4.69) is 6.92 Å². The number of phenolic OH excluding ortho intramolecular Hbond substituents is 1. The lowest BCUT2D eigenvalue weighted by molar-refractivity contribution is 0.0976. The van der Waals surface area contributed by atoms with Crippen molar-refractivity contribution >= 4 is 11.6 Å². The van der Waals surface area contributed by atoms with Crippen molar-refractivity contribution in [2.24, 2.45) is 0 Å². The molecule has 0 atom stereocenters. The Labute approximate surface area is 148 Å². The number of carbonyl (C=O) groups is 2. The molecule has 3 rings (SSSR count). The molecule has 0 unspecified atom stereocenters. The Kier molecular flexibility index (Phi) is 5.32. The van der Waals surface area contributed by atoms with Crippen molar-refractivity contribution in [1.82, 2.24) is 0 Å². The van der Waals surface area contributed by atoms with E-state index in [1.54, 1.807) is 36.4 Å². The number of hydrogen-bond acceptors (Lipinski definition) is 3. The van der Waals surface area contributed by atoms with Crippen LogP contribution < -0.4 is 0 Å². The average Bonchev–Trinajstić information content (AvgIpc) is 2.63. The lowest BCUT2D eigenvalue weighted by atomic mass is 9.82. The van der Waals surface area contributed by atoms with Crippen LogP contribution in [0.2, 0.25) is 0 Å². The summed E-state index contributed by atoms with van der Waals surface area (Å²) < 4.78 is 0. The maximum absolute atomic E-state index is 12.8. The van der Waals surface area contributed by atoms with Crippen molar-refractivity contribution in [2.45, 2.75) is 51.9 Å². The Morgan fingerprint density at radius 2 is 1.40 bits per heavy atom. The quantitative estimate of drug-likeness (QED) is 0.613. The van der Waals surface area contributed by atoms with Crippen LogP contribution in [0.15, 0.2) is 36.4 Å². The van der Waals surface area contributed by atoms with Gasteiger partial charge in [-0.1, -0.05) is 69.4 Å². The Bertz CT molecular complexity index is 805. The molecule has 0 saturated carbocycles. The summed E-state index contributed by atoms with van der Waals surface area (Å²) in [6.45, 7) is 2.20. The monoisotopic (exact) mass is 336 g/mol. The van der Waals surface area contributed by atoms with Crippen LogP contribution in [0.25, 0.3) is 0 Å². The van der Waals surface area contributed by atoms with Gasteiger partial charge in [0.05, 0.1) is 5.56 Å². The molecular weight excluding hydrogens is 312 g/mol. The molecule has 0 heterocycles. The smallest absolute Gasteiger partial charge is 0.198 e. The van der Waals surface area contributed by atoms with Crippen LogP contribution in [-0.4, -0.2) is 16.7 Å². The number of benzene rings is 2. The van der Waals surface area contributed by atoms with Gasteiger partial charge >= 0.3 is 0 Å². The molecule has 1 N–H and O–H groups in total. The first kappa shape index (κ1) is 17.4. The summed E-state index contributed by atoms with van der Waals surface area (Å²) in [5.41, 5.74) is 2.05. The van der Waals surface area contributed by atoms with E-state index in [9.17, 15) is 14.7 Å². The van der Waals surface area contributed by atoms with E-state index in [1.807, 2.05) is 0 Å². The van der Waals surface area contributed by atoms with Crippen LogP contribution in [0.4, 0.5) is 0 Å². The van der Waals surface area contributed by atoms with E-state index in [-0.39, 0.29) is 22.9 Å². The minimum Gasteiger partial charge on any atom is -0.507 e. The van der Waals surface area contributed by atoms with Gasteiger partial charge in [0.15, 0.2) is 11.6 Å². The van der Waals surface area contributed by atoms with Crippen LogP contribution in [-0.2, 0) is 6.42 Å². The highest BCUT2D eigenvalue weighted by Gasteiger charge is 2.32. The van der Waals surface area contributed by atoms with Crippen molar-refractivity contribution in [3.8, 4) is 5.75 Å². The fraction of sp³-hybridized carbons (Fsp3) is 0.364. The second-order valence-electron chi connectivity index (χ2n) is 6.72. The number of ketones is 2. The maximum Gasteiger partial charge on any atom is 0.198 e. The molecule has 0 aromatic heterocycles. The largest absolute Gasteiger partial charge is 0.507 e. The predicted octanol–water partition coefficient (Wildman–Crippen LogP) is 5.07. The Hall–Kier alpha value is -2.42. The van der Waals surface area contributed by atoms with Gasteiger partial charge < -0.3 is 5.11 Å². The predicted molar refractivity (Wildman–Crippen MR) is 98.5 cm³/mol. The number of hydrogen-bond donors (Lipinski definition) is 1. The summed E-state index contributed by atoms with van der Waals surface area (Å²) in [6.07, 6.45) is 7.76. The van der Waals surface area contributed by atoms with Crippen molar-refractivity contribution in [3.63, 3.8) is 0 Å². The van der Waals surface area contributed by atoms with Gasteiger partial charge in [-0.2, -0.15) is 0 Å². The molecule has 2 aromatic rings. The first-order valence-corrected chi connectivity index (χ1v) is 9.18. The van der Waals surface area contributed by atoms with E-state index in [0.29, 0.717) is 16.7 Å². The molecular formula is C22H24O3. The number of carbonyl (C=O) groups excluding carboxylic acids is 2. The molecule has 0 bridgehead atoms. The van der Waals surface area contributed by atoms with Crippen molar-refractivity contribution in [2.75, 3.05) is 0 Å². The lowest BCUT2D eigenvalue weighted by Crippen LogP contribution is -2.21. The molecule has 3 heteroatoms. The minimum absolute atomic E-state index is 0.0149. The summed E-state index contributed by atoms with van der Waals surface area (Å²) in [5.74, 6) is -0.460. The van der Waals surface area contributed by atoms with E-state index in [1.165, 1.54) is 25.7 Å². The molecule has 25 heavy (non-hydrogen) atoms. The maximum atomic E-state index is 12.8. The molecule has 130 valence electrons. The third kappa shape index (κ3) is 3.37. The molecule has 1 aliphatic rings. The zero-order valence-corrected chi connectivity index (χ0v) is 14.7. The molecule has 0 fully saturated rings. The van der Waals surface area contributed by atoms with Crippen LogP contribution in [0.5, 0.6) is 5.75 Å². The number of unbranched alkanes of at least 4 members (excludes halogenated alkanes) is 5. The second kappa shape index (κ2) is 7.64. The van der Waals surface area contributed by atoms with Gasteiger partial charge in [0.1, 0.15) is 5.75 Å². The van der Waals surface area contributed by atoms with Gasteiger partial charge in [-0.25, -0.2) is 0 Å². The van der Waals surface area contributed by atoms with E-state index in [0.717, 1.165) is 24.8 Å². The third-order valence-electron chi connectivity index (χ3n) is 4.95. The average molecular weight is 336 g/mol. The van der Waals surface area contributed by atoms with Gasteiger partial charge in [-0.3, -0.25) is 9.59 Å². The number of rotatable bonds is 7.